The summed E-state index contributed by atoms with van der Waals surface area (Å²) < 4.78 is 31.4. The first-order valence-electron chi connectivity index (χ1n) is 12.0. The van der Waals surface area contributed by atoms with E-state index in [1.807, 2.05) is 62.4 Å². The van der Waals surface area contributed by atoms with Gasteiger partial charge < -0.3 is 0 Å². The zero-order valence-corrected chi connectivity index (χ0v) is 24.0. The number of rotatable bonds is 10. The zero-order chi connectivity index (χ0) is 24.6. The Hall–Kier alpha value is -2.43. The summed E-state index contributed by atoms with van der Waals surface area (Å²) in [5.41, 5.74) is 0.978. The van der Waals surface area contributed by atoms with Gasteiger partial charge in [0.25, 0.3) is 0 Å². The van der Waals surface area contributed by atoms with Crippen LogP contribution in [0, 0.1) is 0 Å². The maximum absolute atomic E-state index is 14.8. The monoisotopic (exact) mass is 590 g/mol. The first kappa shape index (κ1) is 25.7. The van der Waals surface area contributed by atoms with Crippen molar-refractivity contribution in [2.45, 2.75) is 13.8 Å². The van der Waals surface area contributed by atoms with E-state index < -0.39 is 26.0 Å². The topological polar surface area (TPSA) is 35.5 Å². The molecule has 178 valence electrons. The van der Waals surface area contributed by atoms with Crippen LogP contribution < -0.4 is 10.7 Å². The second kappa shape index (κ2) is 12.0. The van der Waals surface area contributed by atoms with Crippen molar-refractivity contribution in [3.63, 3.8) is 0 Å². The van der Waals surface area contributed by atoms with E-state index in [0.717, 1.165) is 8.89 Å². The molecule has 0 unspecified atom stereocenters. The van der Waals surface area contributed by atoms with Crippen molar-refractivity contribution in [2.24, 2.45) is 0 Å². The van der Waals surface area contributed by atoms with E-state index in [2.05, 4.69) is 78.9 Å². The Balaban J connectivity index is 2.20. The van der Waals surface area contributed by atoms with Crippen molar-refractivity contribution < 1.29 is 13.6 Å². The fourth-order valence-corrected chi connectivity index (χ4v) is 26.0. The second-order valence-corrected chi connectivity index (χ2v) is 22.1. The minimum absolute atomic E-state index is 0.295. The molecule has 0 aliphatic heterocycles. The van der Waals surface area contributed by atoms with Gasteiger partial charge in [0.1, 0.15) is 0 Å². The van der Waals surface area contributed by atoms with Gasteiger partial charge >= 0.3 is 214 Å². The van der Waals surface area contributed by atoms with Crippen molar-refractivity contribution in [2.75, 3.05) is 13.2 Å². The van der Waals surface area contributed by atoms with Crippen LogP contribution in [0.5, 0.6) is 0 Å². The van der Waals surface area contributed by atoms with Crippen LogP contribution in [0.2, 0.25) is 0 Å². The summed E-state index contributed by atoms with van der Waals surface area (Å²) in [4.78, 5) is 0. The molecule has 0 bridgehead atoms. The van der Waals surface area contributed by atoms with Crippen molar-refractivity contribution >= 4 is 42.8 Å². The average molecular weight is 589 g/mol. The zero-order valence-electron chi connectivity index (χ0n) is 20.2. The van der Waals surface area contributed by atoms with Gasteiger partial charge in [-0.2, -0.15) is 0 Å². The number of hydrogen-bond acceptors (Lipinski definition) is 3. The molecular weight excluding hydrogens is 558 g/mol. The van der Waals surface area contributed by atoms with Gasteiger partial charge in [-0.15, -0.1) is 0 Å². The first-order valence-corrected chi connectivity index (χ1v) is 19.2. The number of benzene rings is 4. The molecule has 3 nitrogen and oxygen atoms in total. The van der Waals surface area contributed by atoms with Crippen molar-refractivity contribution in [1.82, 2.24) is 0 Å². The average Bonchev–Trinajstić information content (AvgIpc) is 2.91. The van der Waals surface area contributed by atoms with E-state index in [4.69, 9.17) is 9.05 Å². The maximum atomic E-state index is 14.8. The molecule has 0 saturated heterocycles. The van der Waals surface area contributed by atoms with Crippen LogP contribution >= 0.6 is 7.60 Å². The van der Waals surface area contributed by atoms with E-state index >= 15 is 0 Å². The Kier molecular flexibility index (Phi) is 8.80. The van der Waals surface area contributed by atoms with Crippen LogP contribution in [0.15, 0.2) is 125 Å². The molecule has 4 aromatic carbocycles. The number of hydrogen-bond donors (Lipinski definition) is 0. The van der Waals surface area contributed by atoms with Crippen molar-refractivity contribution in [1.29, 1.82) is 0 Å². The molecule has 4 aromatic rings. The van der Waals surface area contributed by atoms with Crippen molar-refractivity contribution in [3.8, 4) is 0 Å². The summed E-state index contributed by atoms with van der Waals surface area (Å²) >= 11 is -4.21. The van der Waals surface area contributed by atoms with E-state index in [1.54, 1.807) is 0 Å². The quantitative estimate of drug-likeness (QED) is 0.168. The molecule has 0 saturated carbocycles. The molecule has 0 aliphatic rings. The normalized spacial score (nSPS) is 12.5. The molecule has 0 aliphatic carbocycles. The third-order valence-corrected chi connectivity index (χ3v) is 25.4. The molecule has 0 amide bonds. The van der Waals surface area contributed by atoms with Gasteiger partial charge in [0.05, 0.1) is 0 Å². The van der Waals surface area contributed by atoms with Crippen LogP contribution in [0.3, 0.4) is 0 Å². The Bertz CT molecular complexity index is 1170. The molecule has 0 atom stereocenters. The van der Waals surface area contributed by atoms with Gasteiger partial charge in [-0.3, -0.25) is 0 Å². The molecule has 0 aromatic heterocycles. The Morgan fingerprint density at radius 2 is 0.971 bits per heavy atom. The molecule has 0 N–H and O–H groups in total. The summed E-state index contributed by atoms with van der Waals surface area (Å²) in [5.74, 6) is 0. The van der Waals surface area contributed by atoms with Gasteiger partial charge in [0.15, 0.2) is 0 Å². The molecule has 0 fully saturated rings. The molecule has 0 heterocycles. The summed E-state index contributed by atoms with van der Waals surface area (Å²) in [7, 11) is -3.66. The summed E-state index contributed by atoms with van der Waals surface area (Å²) in [5, 5.41) is 0. The molecule has 5 heteroatoms. The van der Waals surface area contributed by atoms with Crippen LogP contribution in [0.4, 0.5) is 0 Å². The SMILES string of the molecule is CCOP(=O)(OCC)/[C](=C\c1ccccc1)[Sn]([c]1ccccc1)([c]1ccccc1)[c]1ccccc1. The minimum atomic E-state index is -4.21. The first-order chi connectivity index (χ1) is 17.1. The fourth-order valence-electron chi connectivity index (χ4n) is 4.62. The van der Waals surface area contributed by atoms with Crippen LogP contribution in [-0.4, -0.2) is 31.6 Å². The standard InChI is InChI=1S/C12H16O3P.3C6H5.Sn/c1-3-14-16(13,15-4-2)11-10-12-8-6-5-7-9-12;3*1-2-4-6-5-3-1;/h5-10H,3-4H2,1-2H3;3*1-5H;. The molecule has 35 heavy (non-hydrogen) atoms. The Morgan fingerprint density at radius 3 is 1.31 bits per heavy atom. The fraction of sp³-hybridized carbons (Fsp3) is 0.133. The van der Waals surface area contributed by atoms with E-state index in [-0.39, 0.29) is 0 Å². The van der Waals surface area contributed by atoms with Crippen LogP contribution in [0.1, 0.15) is 19.4 Å². The van der Waals surface area contributed by atoms with Gasteiger partial charge in [-0.1, -0.05) is 0 Å². The van der Waals surface area contributed by atoms with E-state index in [0.29, 0.717) is 13.2 Å². The van der Waals surface area contributed by atoms with E-state index in [1.165, 1.54) is 10.7 Å². The molecule has 0 spiro atoms. The van der Waals surface area contributed by atoms with Gasteiger partial charge in [-0.25, -0.2) is 0 Å². The summed E-state index contributed by atoms with van der Waals surface area (Å²) in [6.45, 7) is 4.33. The van der Waals surface area contributed by atoms with Gasteiger partial charge in [0.2, 0.25) is 0 Å². The second-order valence-electron chi connectivity index (χ2n) is 8.12. The Labute approximate surface area is 212 Å². The predicted octanol–water partition coefficient (Wildman–Crippen LogP) is 6.00. The van der Waals surface area contributed by atoms with Crippen molar-refractivity contribution in [3.05, 3.63) is 130 Å². The third-order valence-electron chi connectivity index (χ3n) is 6.00. The van der Waals surface area contributed by atoms with E-state index in [9.17, 15) is 4.57 Å². The molecular formula is C30H31O3PSn. The molecule has 4 rings (SSSR count). The van der Waals surface area contributed by atoms with Crippen LogP contribution in [-0.2, 0) is 13.6 Å². The van der Waals surface area contributed by atoms with Gasteiger partial charge in [-0.05, 0) is 0 Å². The third kappa shape index (κ3) is 5.39. The van der Waals surface area contributed by atoms with Gasteiger partial charge in [0, 0.05) is 0 Å². The van der Waals surface area contributed by atoms with Crippen LogP contribution in [0.25, 0.3) is 6.08 Å². The summed E-state index contributed by atoms with van der Waals surface area (Å²) in [6, 6.07) is 41.6. The predicted molar refractivity (Wildman–Crippen MR) is 149 cm³/mol. The molecule has 0 radical (unpaired) electrons. The Morgan fingerprint density at radius 1 is 0.629 bits per heavy atom. The summed E-state index contributed by atoms with van der Waals surface area (Å²) in [6.07, 6.45) is 2.08.